The monoisotopic (exact) mass is 433 g/mol. The van der Waals surface area contributed by atoms with E-state index >= 15 is 0 Å². The third kappa shape index (κ3) is 5.52. The maximum absolute atomic E-state index is 13.6. The van der Waals surface area contributed by atoms with Gasteiger partial charge < -0.3 is 4.74 Å². The first kappa shape index (κ1) is 20.8. The lowest BCUT2D eigenvalue weighted by Crippen LogP contribution is -2.47. The van der Waals surface area contributed by atoms with Gasteiger partial charge in [0, 0.05) is 10.9 Å². The number of hydrogen-bond donors (Lipinski definition) is 2. The van der Waals surface area contributed by atoms with Crippen molar-refractivity contribution in [3.05, 3.63) is 70.4 Å². The molecule has 0 saturated carbocycles. The van der Waals surface area contributed by atoms with Crippen molar-refractivity contribution in [2.24, 2.45) is 0 Å². The minimum atomic E-state index is -1.00. The molecule has 1 atom stereocenters. The smallest absolute Gasteiger partial charge is 0.279 e. The van der Waals surface area contributed by atoms with E-state index in [0.717, 1.165) is 5.56 Å². The summed E-state index contributed by atoms with van der Waals surface area (Å²) in [6, 6.07) is 13.1. The number of amides is 2. The number of nitrogens with one attached hydrogen (secondary N) is 2. The standard InChI is InChI=1S/C20H17ClFN3O3S/c1-12(28-17-9-5-4-8-16(17)22)19(27)25-24-18(26)10-13-11-29-20(23-13)14-6-2-3-7-15(14)21/h2-9,11-12H,10H2,1H3,(H,24,26)(H,25,27). The molecule has 2 amide bonds. The van der Waals surface area contributed by atoms with Crippen molar-refractivity contribution in [3.8, 4) is 16.3 Å². The van der Waals surface area contributed by atoms with Crippen molar-refractivity contribution in [2.75, 3.05) is 0 Å². The lowest BCUT2D eigenvalue weighted by molar-refractivity contribution is -0.132. The molecule has 0 fully saturated rings. The van der Waals surface area contributed by atoms with E-state index in [1.807, 2.05) is 18.2 Å². The maximum Gasteiger partial charge on any atom is 0.279 e. The molecule has 0 radical (unpaired) electrons. The Morgan fingerprint density at radius 1 is 1.17 bits per heavy atom. The molecule has 2 aromatic carbocycles. The van der Waals surface area contributed by atoms with Gasteiger partial charge in [0.2, 0.25) is 5.91 Å². The van der Waals surface area contributed by atoms with Crippen LogP contribution in [0.5, 0.6) is 5.75 Å². The average Bonchev–Trinajstić information content (AvgIpc) is 3.16. The van der Waals surface area contributed by atoms with E-state index in [-0.39, 0.29) is 12.2 Å². The van der Waals surface area contributed by atoms with Gasteiger partial charge in [-0.25, -0.2) is 9.37 Å². The van der Waals surface area contributed by atoms with Crippen LogP contribution in [0.1, 0.15) is 12.6 Å². The van der Waals surface area contributed by atoms with Gasteiger partial charge in [0.05, 0.1) is 17.1 Å². The van der Waals surface area contributed by atoms with E-state index in [2.05, 4.69) is 15.8 Å². The molecule has 1 aromatic heterocycles. The third-order valence-corrected chi connectivity index (χ3v) is 5.09. The number of halogens is 2. The normalized spacial score (nSPS) is 11.6. The quantitative estimate of drug-likeness (QED) is 0.580. The summed E-state index contributed by atoms with van der Waals surface area (Å²) in [6.45, 7) is 1.45. The predicted molar refractivity (Wildman–Crippen MR) is 109 cm³/mol. The highest BCUT2D eigenvalue weighted by Gasteiger charge is 2.17. The zero-order valence-electron chi connectivity index (χ0n) is 15.3. The number of para-hydroxylation sites is 1. The Balaban J connectivity index is 1.50. The number of carbonyl (C=O) groups is 2. The van der Waals surface area contributed by atoms with E-state index < -0.39 is 23.7 Å². The van der Waals surface area contributed by atoms with Crippen LogP contribution in [0.2, 0.25) is 5.02 Å². The van der Waals surface area contributed by atoms with Crippen LogP contribution < -0.4 is 15.6 Å². The minimum Gasteiger partial charge on any atom is -0.478 e. The maximum atomic E-state index is 13.6. The summed E-state index contributed by atoms with van der Waals surface area (Å²) in [5.74, 6) is -1.69. The molecule has 9 heteroatoms. The summed E-state index contributed by atoms with van der Waals surface area (Å²) in [4.78, 5) is 28.5. The molecule has 29 heavy (non-hydrogen) atoms. The molecular weight excluding hydrogens is 417 g/mol. The van der Waals surface area contributed by atoms with Gasteiger partial charge in [0.15, 0.2) is 17.7 Å². The fourth-order valence-corrected chi connectivity index (χ4v) is 3.51. The van der Waals surface area contributed by atoms with E-state index in [9.17, 15) is 14.0 Å². The highest BCUT2D eigenvalue weighted by Crippen LogP contribution is 2.30. The second-order valence-corrected chi connectivity index (χ2v) is 7.29. The lowest BCUT2D eigenvalue weighted by atomic mass is 10.2. The molecule has 3 aromatic rings. The second-order valence-electron chi connectivity index (χ2n) is 6.03. The van der Waals surface area contributed by atoms with E-state index in [4.69, 9.17) is 16.3 Å². The highest BCUT2D eigenvalue weighted by atomic mass is 35.5. The van der Waals surface area contributed by atoms with E-state index in [1.54, 1.807) is 17.5 Å². The number of rotatable bonds is 6. The molecule has 0 aliphatic rings. The molecule has 3 rings (SSSR count). The SMILES string of the molecule is CC(Oc1ccccc1F)C(=O)NNC(=O)Cc1csc(-c2ccccc2Cl)n1. The van der Waals surface area contributed by atoms with Gasteiger partial charge in [0.25, 0.3) is 5.91 Å². The number of ether oxygens (including phenoxy) is 1. The predicted octanol–water partition coefficient (Wildman–Crippen LogP) is 3.76. The number of benzene rings is 2. The topological polar surface area (TPSA) is 80.3 Å². The summed E-state index contributed by atoms with van der Waals surface area (Å²) in [6.07, 6.45) is -1.03. The lowest BCUT2D eigenvalue weighted by Gasteiger charge is -2.15. The van der Waals surface area contributed by atoms with Crippen molar-refractivity contribution in [1.29, 1.82) is 0 Å². The van der Waals surface area contributed by atoms with Crippen molar-refractivity contribution in [2.45, 2.75) is 19.4 Å². The summed E-state index contributed by atoms with van der Waals surface area (Å²) in [5, 5.41) is 3.03. The van der Waals surface area contributed by atoms with Gasteiger partial charge in [-0.15, -0.1) is 11.3 Å². The molecule has 150 valence electrons. The number of hydrogen-bond acceptors (Lipinski definition) is 5. The number of carbonyl (C=O) groups excluding carboxylic acids is 2. The highest BCUT2D eigenvalue weighted by molar-refractivity contribution is 7.13. The largest absolute Gasteiger partial charge is 0.478 e. The van der Waals surface area contributed by atoms with Crippen LogP contribution in [0.3, 0.4) is 0 Å². The van der Waals surface area contributed by atoms with Gasteiger partial charge >= 0.3 is 0 Å². The van der Waals surface area contributed by atoms with E-state index in [1.165, 1.54) is 36.5 Å². The Kier molecular flexibility index (Phi) is 6.79. The summed E-state index contributed by atoms with van der Waals surface area (Å²) < 4.78 is 18.8. The van der Waals surface area contributed by atoms with Crippen LogP contribution in [0.25, 0.3) is 10.6 Å². The van der Waals surface area contributed by atoms with Crippen molar-refractivity contribution in [1.82, 2.24) is 15.8 Å². The van der Waals surface area contributed by atoms with Gasteiger partial charge in [-0.3, -0.25) is 20.4 Å². The van der Waals surface area contributed by atoms with Crippen molar-refractivity contribution in [3.63, 3.8) is 0 Å². The molecule has 0 bridgehead atoms. The Morgan fingerprint density at radius 2 is 1.90 bits per heavy atom. The molecule has 0 aliphatic carbocycles. The van der Waals surface area contributed by atoms with Gasteiger partial charge in [0.1, 0.15) is 5.01 Å². The van der Waals surface area contributed by atoms with Gasteiger partial charge in [-0.2, -0.15) is 0 Å². The third-order valence-electron chi connectivity index (χ3n) is 3.83. The first-order valence-electron chi connectivity index (χ1n) is 8.63. The van der Waals surface area contributed by atoms with Crippen molar-refractivity contribution >= 4 is 34.8 Å². The number of nitrogens with zero attached hydrogens (tertiary/aromatic N) is 1. The number of aromatic nitrogens is 1. The van der Waals surface area contributed by atoms with Crippen LogP contribution in [0.15, 0.2) is 53.9 Å². The van der Waals surface area contributed by atoms with Gasteiger partial charge in [-0.05, 0) is 25.1 Å². The molecule has 0 spiro atoms. The van der Waals surface area contributed by atoms with Crippen LogP contribution >= 0.6 is 22.9 Å². The molecule has 6 nitrogen and oxygen atoms in total. The zero-order chi connectivity index (χ0) is 20.8. The molecule has 0 aliphatic heterocycles. The zero-order valence-corrected chi connectivity index (χ0v) is 16.9. The first-order valence-corrected chi connectivity index (χ1v) is 9.89. The second kappa shape index (κ2) is 9.49. The Morgan fingerprint density at radius 3 is 2.66 bits per heavy atom. The molecule has 2 N–H and O–H groups in total. The van der Waals surface area contributed by atoms with E-state index in [0.29, 0.717) is 15.7 Å². The van der Waals surface area contributed by atoms with Crippen LogP contribution in [-0.4, -0.2) is 22.9 Å². The fraction of sp³-hybridized carbons (Fsp3) is 0.150. The Hall–Kier alpha value is -2.97. The summed E-state index contributed by atoms with van der Waals surface area (Å²) in [7, 11) is 0. The van der Waals surface area contributed by atoms with Crippen LogP contribution in [0.4, 0.5) is 4.39 Å². The Labute approximate surface area is 175 Å². The average molecular weight is 434 g/mol. The van der Waals surface area contributed by atoms with Gasteiger partial charge in [-0.1, -0.05) is 41.9 Å². The van der Waals surface area contributed by atoms with Crippen LogP contribution in [-0.2, 0) is 16.0 Å². The number of thiazole rings is 1. The molecule has 0 saturated heterocycles. The summed E-state index contributed by atoms with van der Waals surface area (Å²) >= 11 is 7.53. The van der Waals surface area contributed by atoms with Crippen molar-refractivity contribution < 1.29 is 18.7 Å². The Bertz CT molecular complexity index is 1030. The molecular formula is C20H17ClFN3O3S. The molecule has 1 heterocycles. The summed E-state index contributed by atoms with van der Waals surface area (Å²) in [5.41, 5.74) is 5.90. The number of hydrazine groups is 1. The fourth-order valence-electron chi connectivity index (χ4n) is 2.37. The molecule has 1 unspecified atom stereocenters. The minimum absolute atomic E-state index is 0.0240. The van der Waals surface area contributed by atoms with Crippen LogP contribution in [0, 0.1) is 5.82 Å². The first-order chi connectivity index (χ1) is 13.9.